The lowest BCUT2D eigenvalue weighted by molar-refractivity contribution is 0.0538. The molecule has 0 saturated carbocycles. The number of hydrogen-bond acceptors (Lipinski definition) is 3. The quantitative estimate of drug-likeness (QED) is 0.800. The fraction of sp³-hybridized carbons (Fsp3) is 0.368. The molecule has 0 fully saturated rings. The molecule has 2 rings (SSSR count). The first-order chi connectivity index (χ1) is 11.5. The number of para-hydroxylation sites is 1. The Balaban J connectivity index is 1.92. The number of benzene rings is 2. The van der Waals surface area contributed by atoms with Crippen LogP contribution in [-0.2, 0) is 6.54 Å². The summed E-state index contributed by atoms with van der Waals surface area (Å²) < 4.78 is 32.4. The molecule has 3 nitrogen and oxygen atoms in total. The van der Waals surface area contributed by atoms with E-state index in [2.05, 4.69) is 0 Å². The molecule has 2 aromatic rings. The number of aliphatic hydroxyl groups excluding tert-OH is 1. The Hall–Kier alpha value is -1.98. The first-order valence-corrected chi connectivity index (χ1v) is 7.99. The molecule has 1 atom stereocenters. The van der Waals surface area contributed by atoms with Crippen LogP contribution < -0.4 is 4.74 Å². The van der Waals surface area contributed by atoms with Gasteiger partial charge in [0, 0.05) is 30.8 Å². The normalized spacial score (nSPS) is 12.6. The van der Waals surface area contributed by atoms with E-state index < -0.39 is 17.7 Å². The highest BCUT2D eigenvalue weighted by Gasteiger charge is 2.17. The van der Waals surface area contributed by atoms with Gasteiger partial charge in [0.1, 0.15) is 30.1 Å². The predicted octanol–water partition coefficient (Wildman–Crippen LogP) is 3.62. The SMILES string of the molecule is CC(C)N(Cc1ccc(F)cc1F)C[C@H](O)COc1ccccc1. The summed E-state index contributed by atoms with van der Waals surface area (Å²) in [4.78, 5) is 1.93. The van der Waals surface area contributed by atoms with Crippen LogP contribution in [0.2, 0.25) is 0 Å². The molecule has 24 heavy (non-hydrogen) atoms. The lowest BCUT2D eigenvalue weighted by Crippen LogP contribution is -2.39. The molecule has 0 bridgehead atoms. The standard InChI is InChI=1S/C19H23F2NO2/c1-14(2)22(11-15-8-9-16(20)10-19(15)21)12-17(23)13-24-18-6-4-3-5-7-18/h3-10,14,17,23H,11-13H2,1-2H3/t17-/m0/s1. The molecule has 0 aliphatic rings. The molecule has 0 aliphatic heterocycles. The van der Waals surface area contributed by atoms with Crippen molar-refractivity contribution in [3.8, 4) is 5.75 Å². The summed E-state index contributed by atoms with van der Waals surface area (Å²) in [5.41, 5.74) is 0.404. The van der Waals surface area contributed by atoms with Crippen molar-refractivity contribution in [3.63, 3.8) is 0 Å². The van der Waals surface area contributed by atoms with Crippen LogP contribution in [0, 0.1) is 11.6 Å². The zero-order chi connectivity index (χ0) is 17.5. The summed E-state index contributed by atoms with van der Waals surface area (Å²) in [6, 6.07) is 12.9. The number of aliphatic hydroxyl groups is 1. The number of hydrogen-bond donors (Lipinski definition) is 1. The lowest BCUT2D eigenvalue weighted by atomic mass is 10.1. The maximum atomic E-state index is 13.8. The summed E-state index contributed by atoms with van der Waals surface area (Å²) in [5.74, 6) is -0.475. The summed E-state index contributed by atoms with van der Waals surface area (Å²) in [6.45, 7) is 4.71. The average Bonchev–Trinajstić information content (AvgIpc) is 2.55. The van der Waals surface area contributed by atoms with E-state index in [1.807, 2.05) is 49.1 Å². The van der Waals surface area contributed by atoms with Gasteiger partial charge in [0.05, 0.1) is 0 Å². The molecule has 2 aromatic carbocycles. The molecule has 0 aliphatic carbocycles. The van der Waals surface area contributed by atoms with Gasteiger partial charge in [0.25, 0.3) is 0 Å². The number of rotatable bonds is 8. The molecule has 1 N–H and O–H groups in total. The molecule has 0 spiro atoms. The first kappa shape index (κ1) is 18.4. The van der Waals surface area contributed by atoms with Gasteiger partial charge in [0.2, 0.25) is 0 Å². The third-order valence-electron chi connectivity index (χ3n) is 3.75. The predicted molar refractivity (Wildman–Crippen MR) is 89.8 cm³/mol. The Labute approximate surface area is 141 Å². The Bertz CT molecular complexity index is 635. The molecule has 0 heterocycles. The number of halogens is 2. The summed E-state index contributed by atoms with van der Waals surface area (Å²) >= 11 is 0. The van der Waals surface area contributed by atoms with Crippen molar-refractivity contribution in [1.29, 1.82) is 0 Å². The highest BCUT2D eigenvalue weighted by Crippen LogP contribution is 2.15. The van der Waals surface area contributed by atoms with E-state index in [4.69, 9.17) is 4.74 Å². The van der Waals surface area contributed by atoms with E-state index in [0.29, 0.717) is 24.4 Å². The molecule has 0 saturated heterocycles. The molecule has 130 valence electrons. The fourth-order valence-electron chi connectivity index (χ4n) is 2.36. The summed E-state index contributed by atoms with van der Waals surface area (Å²) in [6.07, 6.45) is -0.712. The van der Waals surface area contributed by atoms with Crippen molar-refractivity contribution >= 4 is 0 Å². The van der Waals surface area contributed by atoms with E-state index in [9.17, 15) is 13.9 Å². The Morgan fingerprint density at radius 2 is 1.79 bits per heavy atom. The van der Waals surface area contributed by atoms with Crippen LogP contribution in [0.4, 0.5) is 8.78 Å². The lowest BCUT2D eigenvalue weighted by Gasteiger charge is -2.29. The van der Waals surface area contributed by atoms with Crippen LogP contribution in [0.1, 0.15) is 19.4 Å². The van der Waals surface area contributed by atoms with Crippen molar-refractivity contribution in [2.24, 2.45) is 0 Å². The van der Waals surface area contributed by atoms with Gasteiger partial charge in [-0.25, -0.2) is 8.78 Å². The van der Waals surface area contributed by atoms with E-state index in [1.165, 1.54) is 12.1 Å². The third-order valence-corrected chi connectivity index (χ3v) is 3.75. The Morgan fingerprint density at radius 1 is 1.08 bits per heavy atom. The van der Waals surface area contributed by atoms with Gasteiger partial charge in [-0.05, 0) is 32.0 Å². The molecular weight excluding hydrogens is 312 g/mol. The van der Waals surface area contributed by atoms with Gasteiger partial charge < -0.3 is 9.84 Å². The summed E-state index contributed by atoms with van der Waals surface area (Å²) in [5, 5.41) is 10.2. The third kappa shape index (κ3) is 5.58. The monoisotopic (exact) mass is 335 g/mol. The summed E-state index contributed by atoms with van der Waals surface area (Å²) in [7, 11) is 0. The number of nitrogens with zero attached hydrogens (tertiary/aromatic N) is 1. The van der Waals surface area contributed by atoms with E-state index in [1.54, 1.807) is 0 Å². The van der Waals surface area contributed by atoms with Crippen LogP contribution in [0.15, 0.2) is 48.5 Å². The van der Waals surface area contributed by atoms with Crippen molar-refractivity contribution in [2.75, 3.05) is 13.2 Å². The van der Waals surface area contributed by atoms with Gasteiger partial charge in [0.15, 0.2) is 0 Å². The average molecular weight is 335 g/mol. The molecular formula is C19H23F2NO2. The van der Waals surface area contributed by atoms with Gasteiger partial charge in [-0.3, -0.25) is 4.90 Å². The Kier molecular flexibility index (Phi) is 6.70. The number of ether oxygens (including phenoxy) is 1. The molecule has 0 aromatic heterocycles. The van der Waals surface area contributed by atoms with E-state index in [0.717, 1.165) is 6.07 Å². The molecule has 0 radical (unpaired) electrons. The van der Waals surface area contributed by atoms with E-state index >= 15 is 0 Å². The van der Waals surface area contributed by atoms with Gasteiger partial charge in [-0.15, -0.1) is 0 Å². The second-order valence-electron chi connectivity index (χ2n) is 6.04. The van der Waals surface area contributed by atoms with Crippen molar-refractivity contribution in [3.05, 3.63) is 65.7 Å². The largest absolute Gasteiger partial charge is 0.491 e. The second-order valence-corrected chi connectivity index (χ2v) is 6.04. The molecule has 0 amide bonds. The highest BCUT2D eigenvalue weighted by atomic mass is 19.1. The van der Waals surface area contributed by atoms with Crippen molar-refractivity contribution in [1.82, 2.24) is 4.90 Å². The van der Waals surface area contributed by atoms with Gasteiger partial charge in [-0.1, -0.05) is 24.3 Å². The minimum atomic E-state index is -0.712. The van der Waals surface area contributed by atoms with Gasteiger partial charge in [-0.2, -0.15) is 0 Å². The smallest absolute Gasteiger partial charge is 0.130 e. The minimum absolute atomic E-state index is 0.0980. The first-order valence-electron chi connectivity index (χ1n) is 7.99. The highest BCUT2D eigenvalue weighted by molar-refractivity contribution is 5.21. The van der Waals surface area contributed by atoms with E-state index in [-0.39, 0.29) is 12.6 Å². The maximum absolute atomic E-state index is 13.8. The molecule has 5 heteroatoms. The van der Waals surface area contributed by atoms with Crippen LogP contribution in [0.25, 0.3) is 0 Å². The topological polar surface area (TPSA) is 32.7 Å². The van der Waals surface area contributed by atoms with Crippen LogP contribution in [0.5, 0.6) is 5.75 Å². The van der Waals surface area contributed by atoms with Crippen LogP contribution >= 0.6 is 0 Å². The zero-order valence-electron chi connectivity index (χ0n) is 14.0. The Morgan fingerprint density at radius 3 is 2.42 bits per heavy atom. The molecule has 0 unspecified atom stereocenters. The fourth-order valence-corrected chi connectivity index (χ4v) is 2.36. The van der Waals surface area contributed by atoms with Crippen molar-refractivity contribution < 1.29 is 18.6 Å². The maximum Gasteiger partial charge on any atom is 0.130 e. The van der Waals surface area contributed by atoms with Crippen molar-refractivity contribution in [2.45, 2.75) is 32.5 Å². The minimum Gasteiger partial charge on any atom is -0.491 e. The van der Waals surface area contributed by atoms with Crippen LogP contribution in [0.3, 0.4) is 0 Å². The van der Waals surface area contributed by atoms with Gasteiger partial charge >= 0.3 is 0 Å². The zero-order valence-corrected chi connectivity index (χ0v) is 14.0. The second kappa shape index (κ2) is 8.76. The van der Waals surface area contributed by atoms with Crippen LogP contribution in [-0.4, -0.2) is 35.3 Å².